The second-order valence-corrected chi connectivity index (χ2v) is 7.59. The van der Waals surface area contributed by atoms with Gasteiger partial charge in [0, 0.05) is 19.2 Å². The number of hydrogen-bond donors (Lipinski definition) is 1. The van der Waals surface area contributed by atoms with Crippen molar-refractivity contribution in [1.29, 1.82) is 0 Å². The Balaban J connectivity index is 1.70. The van der Waals surface area contributed by atoms with Crippen LogP contribution in [0, 0.1) is 10.1 Å². The minimum Gasteiger partial charge on any atom is -0.384 e. The molecule has 4 rings (SSSR count). The Kier molecular flexibility index (Phi) is 5.41. The van der Waals surface area contributed by atoms with E-state index < -0.39 is 51.7 Å². The van der Waals surface area contributed by atoms with Gasteiger partial charge < -0.3 is 5.73 Å². The predicted octanol–water partition coefficient (Wildman–Crippen LogP) is 0.565. The van der Waals surface area contributed by atoms with Crippen molar-refractivity contribution < 1.29 is 19.3 Å². The van der Waals surface area contributed by atoms with E-state index in [1.165, 1.54) is 7.05 Å². The van der Waals surface area contributed by atoms with E-state index in [2.05, 4.69) is 0 Å². The molecule has 1 aromatic heterocycles. The van der Waals surface area contributed by atoms with E-state index in [0.29, 0.717) is 10.5 Å². The summed E-state index contributed by atoms with van der Waals surface area (Å²) in [5, 5.41) is 11.0. The van der Waals surface area contributed by atoms with Crippen LogP contribution in [0.15, 0.2) is 58.1 Å². The molecule has 12 nitrogen and oxygen atoms in total. The fourth-order valence-corrected chi connectivity index (χ4v) is 3.72. The number of imide groups is 1. The largest absolute Gasteiger partial charge is 0.384 e. The van der Waals surface area contributed by atoms with Crippen LogP contribution in [0.4, 0.5) is 11.5 Å². The van der Waals surface area contributed by atoms with Gasteiger partial charge in [-0.3, -0.25) is 43.3 Å². The molecule has 0 bridgehead atoms. The Morgan fingerprint density at radius 1 is 1.00 bits per heavy atom. The molecule has 172 valence electrons. The lowest BCUT2D eigenvalue weighted by molar-refractivity contribution is -0.384. The molecule has 0 fully saturated rings. The second kappa shape index (κ2) is 8.24. The molecule has 3 aromatic rings. The highest BCUT2D eigenvalue weighted by molar-refractivity contribution is 6.23. The quantitative estimate of drug-likeness (QED) is 0.239. The zero-order valence-corrected chi connectivity index (χ0v) is 17.8. The van der Waals surface area contributed by atoms with Crippen LogP contribution in [0.25, 0.3) is 0 Å². The zero-order chi connectivity index (χ0) is 24.7. The number of amides is 2. The number of anilines is 1. The number of aromatic nitrogens is 2. The Labute approximate surface area is 190 Å². The summed E-state index contributed by atoms with van der Waals surface area (Å²) in [4.78, 5) is 74.7. The lowest BCUT2D eigenvalue weighted by Crippen LogP contribution is -2.45. The zero-order valence-electron chi connectivity index (χ0n) is 17.8. The average molecular weight is 463 g/mol. The Hall–Kier alpha value is -4.87. The highest BCUT2D eigenvalue weighted by atomic mass is 16.6. The third-order valence-corrected chi connectivity index (χ3v) is 5.51. The van der Waals surface area contributed by atoms with Crippen molar-refractivity contribution in [2.24, 2.45) is 7.05 Å². The van der Waals surface area contributed by atoms with Crippen molar-refractivity contribution in [3.8, 4) is 0 Å². The van der Waals surface area contributed by atoms with Gasteiger partial charge in [-0.1, -0.05) is 30.3 Å². The van der Waals surface area contributed by atoms with Gasteiger partial charge in [0.2, 0.25) is 0 Å². The molecule has 0 atom stereocenters. The number of nitro groups is 1. The standard InChI is InChI=1S/C22H17N5O7/c1-24-21(31)17(18(23)25(22(24)32)10-12-5-3-2-4-6-12)16(28)11-26-19(29)14-8-7-13(27(33)34)9-15(14)20(26)30/h2-9H,10-11,23H2,1H3. The van der Waals surface area contributed by atoms with Gasteiger partial charge in [-0.05, 0) is 11.6 Å². The van der Waals surface area contributed by atoms with Gasteiger partial charge in [0.1, 0.15) is 11.4 Å². The summed E-state index contributed by atoms with van der Waals surface area (Å²) in [6.45, 7) is -0.848. The van der Waals surface area contributed by atoms with Crippen LogP contribution in [0.2, 0.25) is 0 Å². The second-order valence-electron chi connectivity index (χ2n) is 7.59. The molecule has 0 spiro atoms. The Bertz CT molecular complexity index is 1500. The van der Waals surface area contributed by atoms with Crippen LogP contribution >= 0.6 is 0 Å². The molecule has 1 aliphatic rings. The third kappa shape index (κ3) is 3.56. The molecule has 0 unspecified atom stereocenters. The van der Waals surface area contributed by atoms with Gasteiger partial charge in [-0.15, -0.1) is 0 Å². The molecule has 0 saturated carbocycles. The first-order valence-electron chi connectivity index (χ1n) is 9.93. The topological polar surface area (TPSA) is 168 Å². The van der Waals surface area contributed by atoms with Crippen LogP contribution < -0.4 is 17.0 Å². The van der Waals surface area contributed by atoms with Crippen LogP contribution in [0.1, 0.15) is 36.6 Å². The normalized spacial score (nSPS) is 12.7. The van der Waals surface area contributed by atoms with Crippen molar-refractivity contribution in [3.05, 3.63) is 102 Å². The molecule has 2 N–H and O–H groups in total. The van der Waals surface area contributed by atoms with Gasteiger partial charge in [0.05, 0.1) is 29.1 Å². The number of nitrogens with two attached hydrogens (primary N) is 1. The van der Waals surface area contributed by atoms with E-state index in [0.717, 1.165) is 27.3 Å². The molecule has 0 radical (unpaired) electrons. The van der Waals surface area contributed by atoms with Crippen molar-refractivity contribution in [1.82, 2.24) is 14.0 Å². The average Bonchev–Trinajstić information content (AvgIpc) is 3.05. The van der Waals surface area contributed by atoms with Crippen LogP contribution in [0.3, 0.4) is 0 Å². The predicted molar refractivity (Wildman–Crippen MR) is 119 cm³/mol. The fraction of sp³-hybridized carbons (Fsp3) is 0.136. The number of nitro benzene ring substituents is 1. The summed E-state index contributed by atoms with van der Waals surface area (Å²) in [7, 11) is 1.18. The highest BCUT2D eigenvalue weighted by Crippen LogP contribution is 2.27. The minimum atomic E-state index is -0.968. The summed E-state index contributed by atoms with van der Waals surface area (Å²) in [6.07, 6.45) is 0. The molecule has 1 aliphatic heterocycles. The molecule has 2 amide bonds. The number of nitrogen functional groups attached to an aromatic ring is 1. The maximum absolute atomic E-state index is 13.1. The molecular formula is C22H17N5O7. The molecule has 0 aliphatic carbocycles. The summed E-state index contributed by atoms with van der Waals surface area (Å²) < 4.78 is 1.77. The van der Waals surface area contributed by atoms with Gasteiger partial charge in [-0.25, -0.2) is 4.79 Å². The number of hydrogen-bond acceptors (Lipinski definition) is 8. The van der Waals surface area contributed by atoms with E-state index in [9.17, 15) is 34.1 Å². The highest BCUT2D eigenvalue weighted by Gasteiger charge is 2.38. The molecule has 12 heteroatoms. The van der Waals surface area contributed by atoms with Crippen molar-refractivity contribution in [2.75, 3.05) is 12.3 Å². The smallest absolute Gasteiger partial charge is 0.332 e. The number of benzene rings is 2. The minimum absolute atomic E-state index is 0.0173. The van der Waals surface area contributed by atoms with Crippen LogP contribution in [-0.2, 0) is 13.6 Å². The number of ketones is 1. The molecule has 2 heterocycles. The molecule has 34 heavy (non-hydrogen) atoms. The molecular weight excluding hydrogens is 446 g/mol. The number of nitrogens with zero attached hydrogens (tertiary/aromatic N) is 4. The van der Waals surface area contributed by atoms with E-state index in [-0.39, 0.29) is 23.4 Å². The van der Waals surface area contributed by atoms with Gasteiger partial charge in [0.15, 0.2) is 5.78 Å². The van der Waals surface area contributed by atoms with E-state index in [1.807, 2.05) is 0 Å². The summed E-state index contributed by atoms with van der Waals surface area (Å²) >= 11 is 0. The lowest BCUT2D eigenvalue weighted by Gasteiger charge is -2.17. The number of Topliss-reactive ketones (excluding diaryl/α,β-unsaturated/α-hetero) is 1. The van der Waals surface area contributed by atoms with Crippen LogP contribution in [0.5, 0.6) is 0 Å². The van der Waals surface area contributed by atoms with Crippen LogP contribution in [-0.4, -0.2) is 43.1 Å². The summed E-state index contributed by atoms with van der Waals surface area (Å²) in [5.41, 5.74) is 3.78. The first-order chi connectivity index (χ1) is 16.1. The molecule has 0 saturated heterocycles. The fourth-order valence-electron chi connectivity index (χ4n) is 3.72. The van der Waals surface area contributed by atoms with Crippen molar-refractivity contribution >= 4 is 29.1 Å². The van der Waals surface area contributed by atoms with Gasteiger partial charge in [-0.2, -0.15) is 0 Å². The molecule has 2 aromatic carbocycles. The van der Waals surface area contributed by atoms with Gasteiger partial charge in [0.25, 0.3) is 23.1 Å². The number of carbonyl (C=O) groups excluding carboxylic acids is 3. The van der Waals surface area contributed by atoms with Crippen molar-refractivity contribution in [2.45, 2.75) is 6.54 Å². The van der Waals surface area contributed by atoms with E-state index in [1.54, 1.807) is 30.3 Å². The van der Waals surface area contributed by atoms with Gasteiger partial charge >= 0.3 is 5.69 Å². The SMILES string of the molecule is Cn1c(=O)c(C(=O)CN2C(=O)c3ccc([N+](=O)[O-])cc3C2=O)c(N)n(Cc2ccccc2)c1=O. The maximum atomic E-state index is 13.1. The Morgan fingerprint density at radius 3 is 2.29 bits per heavy atom. The number of fused-ring (bicyclic) bond motifs is 1. The maximum Gasteiger partial charge on any atom is 0.332 e. The Morgan fingerprint density at radius 2 is 1.65 bits per heavy atom. The third-order valence-electron chi connectivity index (χ3n) is 5.51. The first-order valence-corrected chi connectivity index (χ1v) is 9.93. The van der Waals surface area contributed by atoms with E-state index in [4.69, 9.17) is 5.73 Å². The monoisotopic (exact) mass is 463 g/mol. The van der Waals surface area contributed by atoms with Crippen molar-refractivity contribution in [3.63, 3.8) is 0 Å². The number of non-ortho nitro benzene ring substituents is 1. The summed E-state index contributed by atoms with van der Waals surface area (Å²) in [6, 6.07) is 11.9. The summed E-state index contributed by atoms with van der Waals surface area (Å²) in [5.74, 6) is -3.10. The number of carbonyl (C=O) groups is 3. The number of rotatable bonds is 6. The van der Waals surface area contributed by atoms with E-state index >= 15 is 0 Å². The first kappa shape index (κ1) is 22.3. The lowest BCUT2D eigenvalue weighted by atomic mass is 10.1.